The Bertz CT molecular complexity index is 624. The van der Waals surface area contributed by atoms with Gasteiger partial charge in [-0.25, -0.2) is 14.5 Å². The Morgan fingerprint density at radius 2 is 1.89 bits per heavy atom. The first kappa shape index (κ1) is 13.3. The maximum Gasteiger partial charge on any atom is 0.375 e. The molecule has 0 saturated heterocycles. The number of hydrogen-bond acceptors (Lipinski definition) is 3. The zero-order chi connectivity index (χ0) is 14.2. The lowest BCUT2D eigenvalue weighted by molar-refractivity contribution is 0.0683. The van der Waals surface area contributed by atoms with Gasteiger partial charge < -0.3 is 5.11 Å². The number of hydrogen-bond donors (Lipinski definition) is 1. The Morgan fingerprint density at radius 1 is 1.26 bits per heavy atom. The molecule has 0 spiro atoms. The van der Waals surface area contributed by atoms with Crippen LogP contribution in [0.1, 0.15) is 42.8 Å². The van der Waals surface area contributed by atoms with Gasteiger partial charge in [0.05, 0.1) is 5.69 Å². The average Bonchev–Trinajstić information content (AvgIpc) is 2.70. The molecule has 100 valence electrons. The van der Waals surface area contributed by atoms with E-state index in [1.807, 2.05) is 24.3 Å². The number of benzene rings is 1. The standard InChI is InChI=1S/C14H17N3O2/c1-9-15-12(13(18)19)16-17(9)11-8-6-5-7-10(11)14(2,3)4/h5-8H,1-4H3,(H,18,19). The van der Waals surface area contributed by atoms with E-state index < -0.39 is 5.97 Å². The van der Waals surface area contributed by atoms with Gasteiger partial charge in [-0.15, -0.1) is 5.10 Å². The summed E-state index contributed by atoms with van der Waals surface area (Å²) in [7, 11) is 0. The van der Waals surface area contributed by atoms with Gasteiger partial charge in [-0.3, -0.25) is 0 Å². The van der Waals surface area contributed by atoms with Crippen LogP contribution in [0.4, 0.5) is 0 Å². The van der Waals surface area contributed by atoms with E-state index in [1.165, 1.54) is 0 Å². The lowest BCUT2D eigenvalue weighted by Gasteiger charge is -2.22. The predicted octanol–water partition coefficient (Wildman–Crippen LogP) is 2.57. The quantitative estimate of drug-likeness (QED) is 0.900. The van der Waals surface area contributed by atoms with E-state index in [1.54, 1.807) is 11.6 Å². The largest absolute Gasteiger partial charge is 0.475 e. The summed E-state index contributed by atoms with van der Waals surface area (Å²) >= 11 is 0. The Morgan fingerprint density at radius 3 is 2.42 bits per heavy atom. The van der Waals surface area contributed by atoms with Gasteiger partial charge in [0, 0.05) is 0 Å². The SMILES string of the molecule is Cc1nc(C(=O)O)nn1-c1ccccc1C(C)(C)C. The molecule has 2 rings (SSSR count). The summed E-state index contributed by atoms with van der Waals surface area (Å²) in [6, 6.07) is 7.82. The minimum Gasteiger partial charge on any atom is -0.475 e. The van der Waals surface area contributed by atoms with Gasteiger partial charge in [0.25, 0.3) is 5.82 Å². The van der Waals surface area contributed by atoms with Crippen LogP contribution in [-0.2, 0) is 5.41 Å². The third-order valence-electron chi connectivity index (χ3n) is 2.90. The monoisotopic (exact) mass is 259 g/mol. The van der Waals surface area contributed by atoms with Crippen LogP contribution in [0.5, 0.6) is 0 Å². The molecule has 0 unspecified atom stereocenters. The number of carboxylic acids is 1. The first-order valence-electron chi connectivity index (χ1n) is 6.07. The second-order valence-electron chi connectivity index (χ2n) is 5.47. The van der Waals surface area contributed by atoms with Crippen molar-refractivity contribution >= 4 is 5.97 Å². The number of rotatable bonds is 2. The fourth-order valence-corrected chi connectivity index (χ4v) is 2.00. The van der Waals surface area contributed by atoms with E-state index in [2.05, 4.69) is 30.9 Å². The Kier molecular flexibility index (Phi) is 3.14. The van der Waals surface area contributed by atoms with Gasteiger partial charge in [0.2, 0.25) is 0 Å². The summed E-state index contributed by atoms with van der Waals surface area (Å²) in [4.78, 5) is 14.9. The van der Waals surface area contributed by atoms with Crippen LogP contribution >= 0.6 is 0 Å². The van der Waals surface area contributed by atoms with E-state index in [-0.39, 0.29) is 11.2 Å². The van der Waals surface area contributed by atoms with Crippen molar-refractivity contribution in [1.29, 1.82) is 0 Å². The highest BCUT2D eigenvalue weighted by atomic mass is 16.4. The van der Waals surface area contributed by atoms with Crippen LogP contribution in [-0.4, -0.2) is 25.8 Å². The molecule has 0 aliphatic heterocycles. The summed E-state index contributed by atoms with van der Waals surface area (Å²) < 4.78 is 1.59. The van der Waals surface area contributed by atoms with Gasteiger partial charge in [-0.05, 0) is 24.0 Å². The van der Waals surface area contributed by atoms with Gasteiger partial charge >= 0.3 is 5.97 Å². The Labute approximate surface area is 111 Å². The van der Waals surface area contributed by atoms with E-state index in [4.69, 9.17) is 5.11 Å². The highest BCUT2D eigenvalue weighted by Crippen LogP contribution is 2.28. The minimum absolute atomic E-state index is 0.0572. The third kappa shape index (κ3) is 2.50. The molecule has 0 radical (unpaired) electrons. The molecular formula is C14H17N3O2. The maximum absolute atomic E-state index is 10.9. The Hall–Kier alpha value is -2.17. The first-order valence-corrected chi connectivity index (χ1v) is 6.07. The number of nitrogens with zero attached hydrogens (tertiary/aromatic N) is 3. The number of para-hydroxylation sites is 1. The lowest BCUT2D eigenvalue weighted by atomic mass is 9.86. The normalized spacial score (nSPS) is 11.6. The van der Waals surface area contributed by atoms with Crippen molar-refractivity contribution in [2.45, 2.75) is 33.1 Å². The van der Waals surface area contributed by atoms with Gasteiger partial charge in [0.15, 0.2) is 0 Å². The number of aromatic carboxylic acids is 1. The van der Waals surface area contributed by atoms with Crippen molar-refractivity contribution in [3.63, 3.8) is 0 Å². The molecule has 1 aromatic heterocycles. The summed E-state index contributed by atoms with van der Waals surface area (Å²) in [5.74, 6) is -0.731. The number of aromatic nitrogens is 3. The zero-order valence-corrected chi connectivity index (χ0v) is 11.5. The average molecular weight is 259 g/mol. The summed E-state index contributed by atoms with van der Waals surface area (Å²) in [6.07, 6.45) is 0. The number of aryl methyl sites for hydroxylation is 1. The molecule has 0 aliphatic rings. The molecule has 5 nitrogen and oxygen atoms in total. The van der Waals surface area contributed by atoms with Crippen LogP contribution in [0.25, 0.3) is 5.69 Å². The number of carbonyl (C=O) groups is 1. The fourth-order valence-electron chi connectivity index (χ4n) is 2.00. The van der Waals surface area contributed by atoms with Crippen molar-refractivity contribution < 1.29 is 9.90 Å². The molecule has 0 fully saturated rings. The molecule has 1 N–H and O–H groups in total. The molecule has 0 saturated carbocycles. The molecule has 0 amide bonds. The predicted molar refractivity (Wildman–Crippen MR) is 71.8 cm³/mol. The highest BCUT2D eigenvalue weighted by Gasteiger charge is 2.21. The van der Waals surface area contributed by atoms with Gasteiger partial charge in [-0.2, -0.15) is 0 Å². The van der Waals surface area contributed by atoms with Crippen molar-refractivity contribution in [1.82, 2.24) is 14.8 Å². The van der Waals surface area contributed by atoms with Crippen LogP contribution in [0.2, 0.25) is 0 Å². The molecule has 1 aromatic carbocycles. The molecule has 0 aliphatic carbocycles. The van der Waals surface area contributed by atoms with E-state index >= 15 is 0 Å². The Balaban J connectivity index is 2.63. The third-order valence-corrected chi connectivity index (χ3v) is 2.90. The van der Waals surface area contributed by atoms with Crippen molar-refractivity contribution in [2.24, 2.45) is 0 Å². The molecule has 1 heterocycles. The first-order chi connectivity index (χ1) is 8.80. The second kappa shape index (κ2) is 4.50. The number of carboxylic acid groups (broad SMARTS) is 1. The topological polar surface area (TPSA) is 68.0 Å². The van der Waals surface area contributed by atoms with Gasteiger partial charge in [0.1, 0.15) is 5.82 Å². The zero-order valence-electron chi connectivity index (χ0n) is 11.5. The molecule has 5 heteroatoms. The van der Waals surface area contributed by atoms with Crippen molar-refractivity contribution in [3.05, 3.63) is 41.5 Å². The van der Waals surface area contributed by atoms with Crippen molar-refractivity contribution in [3.8, 4) is 5.69 Å². The molecule has 19 heavy (non-hydrogen) atoms. The summed E-state index contributed by atoms with van der Waals surface area (Å²) in [5, 5.41) is 13.0. The van der Waals surface area contributed by atoms with E-state index in [0.29, 0.717) is 5.82 Å². The fraction of sp³-hybridized carbons (Fsp3) is 0.357. The maximum atomic E-state index is 10.9. The van der Waals surface area contributed by atoms with Crippen LogP contribution < -0.4 is 0 Å². The second-order valence-corrected chi connectivity index (χ2v) is 5.47. The smallest absolute Gasteiger partial charge is 0.375 e. The van der Waals surface area contributed by atoms with Crippen LogP contribution in [0.15, 0.2) is 24.3 Å². The van der Waals surface area contributed by atoms with Gasteiger partial charge in [-0.1, -0.05) is 39.0 Å². The van der Waals surface area contributed by atoms with Crippen LogP contribution in [0, 0.1) is 6.92 Å². The molecular weight excluding hydrogens is 242 g/mol. The molecule has 2 aromatic rings. The highest BCUT2D eigenvalue weighted by molar-refractivity contribution is 5.83. The summed E-state index contributed by atoms with van der Waals surface area (Å²) in [5.41, 5.74) is 1.91. The minimum atomic E-state index is -1.12. The lowest BCUT2D eigenvalue weighted by Crippen LogP contribution is -2.16. The molecule has 0 atom stereocenters. The summed E-state index contributed by atoms with van der Waals surface area (Å²) in [6.45, 7) is 8.07. The molecule has 0 bridgehead atoms. The van der Waals surface area contributed by atoms with Crippen LogP contribution in [0.3, 0.4) is 0 Å². The van der Waals surface area contributed by atoms with E-state index in [0.717, 1.165) is 11.3 Å². The van der Waals surface area contributed by atoms with Crippen molar-refractivity contribution in [2.75, 3.05) is 0 Å². The van der Waals surface area contributed by atoms with E-state index in [9.17, 15) is 4.79 Å².